The molecular formula is C13H16N2O5. The third-order valence-corrected chi connectivity index (χ3v) is 2.43. The van der Waals surface area contributed by atoms with Gasteiger partial charge in [-0.05, 0) is 19.1 Å². The van der Waals surface area contributed by atoms with Crippen LogP contribution in [-0.2, 0) is 14.4 Å². The van der Waals surface area contributed by atoms with E-state index in [0.717, 1.165) is 5.56 Å². The number of carbonyl (C=O) groups excluding carboxylic acids is 2. The maximum Gasteiger partial charge on any atom is 0.326 e. The maximum absolute atomic E-state index is 11.5. The first-order valence-corrected chi connectivity index (χ1v) is 5.88. The van der Waals surface area contributed by atoms with E-state index in [-0.39, 0.29) is 6.61 Å². The summed E-state index contributed by atoms with van der Waals surface area (Å²) in [6.07, 6.45) is -0.467. The molecule has 0 saturated carbocycles. The summed E-state index contributed by atoms with van der Waals surface area (Å²) in [4.78, 5) is 33.0. The van der Waals surface area contributed by atoms with Gasteiger partial charge in [0.05, 0.1) is 6.42 Å². The fourth-order valence-electron chi connectivity index (χ4n) is 1.42. The topological polar surface area (TPSA) is 119 Å². The van der Waals surface area contributed by atoms with Crippen LogP contribution >= 0.6 is 0 Å². The Morgan fingerprint density at radius 1 is 1.30 bits per heavy atom. The lowest BCUT2D eigenvalue weighted by Crippen LogP contribution is -2.45. The Morgan fingerprint density at radius 2 is 1.90 bits per heavy atom. The molecule has 7 nitrogen and oxygen atoms in total. The van der Waals surface area contributed by atoms with Crippen LogP contribution in [0.5, 0.6) is 5.75 Å². The van der Waals surface area contributed by atoms with Gasteiger partial charge in [-0.1, -0.05) is 17.7 Å². The van der Waals surface area contributed by atoms with Crippen LogP contribution in [0.1, 0.15) is 12.0 Å². The fourth-order valence-corrected chi connectivity index (χ4v) is 1.42. The lowest BCUT2D eigenvalue weighted by atomic mass is 10.2. The van der Waals surface area contributed by atoms with Crippen LogP contribution < -0.4 is 15.8 Å². The summed E-state index contributed by atoms with van der Waals surface area (Å²) in [5.41, 5.74) is 5.95. The third kappa shape index (κ3) is 5.38. The second kappa shape index (κ2) is 7.13. The first-order chi connectivity index (χ1) is 9.38. The molecule has 108 valence electrons. The van der Waals surface area contributed by atoms with Gasteiger partial charge in [-0.25, -0.2) is 4.79 Å². The molecule has 1 aromatic carbocycles. The highest BCUT2D eigenvalue weighted by molar-refractivity contribution is 5.88. The number of nitrogens with two attached hydrogens (primary N) is 1. The average Bonchev–Trinajstić information content (AvgIpc) is 2.36. The molecule has 0 aliphatic rings. The van der Waals surface area contributed by atoms with Crippen molar-refractivity contribution >= 4 is 17.8 Å². The number of carboxylic acids is 1. The minimum atomic E-state index is -1.35. The van der Waals surface area contributed by atoms with Crippen LogP contribution in [0.25, 0.3) is 0 Å². The van der Waals surface area contributed by atoms with E-state index in [9.17, 15) is 14.4 Å². The van der Waals surface area contributed by atoms with Gasteiger partial charge in [0, 0.05) is 0 Å². The number of aliphatic carboxylic acids is 1. The molecule has 0 saturated heterocycles. The highest BCUT2D eigenvalue weighted by Crippen LogP contribution is 2.10. The number of primary amides is 1. The van der Waals surface area contributed by atoms with E-state index < -0.39 is 30.2 Å². The quantitative estimate of drug-likeness (QED) is 0.640. The van der Waals surface area contributed by atoms with Gasteiger partial charge in [0.15, 0.2) is 6.61 Å². The summed E-state index contributed by atoms with van der Waals surface area (Å²) in [7, 11) is 0. The number of nitrogens with one attached hydrogen (secondary N) is 1. The molecule has 1 aromatic rings. The molecule has 4 N–H and O–H groups in total. The van der Waals surface area contributed by atoms with Crippen LogP contribution in [0.2, 0.25) is 0 Å². The first kappa shape index (κ1) is 15.5. The van der Waals surface area contributed by atoms with Gasteiger partial charge in [0.25, 0.3) is 5.91 Å². The van der Waals surface area contributed by atoms with Crippen LogP contribution in [0.3, 0.4) is 0 Å². The molecule has 0 bridgehead atoms. The summed E-state index contributed by atoms with van der Waals surface area (Å²) < 4.78 is 5.19. The number of hydrogen-bond acceptors (Lipinski definition) is 4. The maximum atomic E-state index is 11.5. The van der Waals surface area contributed by atoms with Crippen molar-refractivity contribution < 1.29 is 24.2 Å². The molecule has 20 heavy (non-hydrogen) atoms. The molecule has 2 amide bonds. The standard InChI is InChI=1S/C13H16N2O5/c1-8-2-4-9(5-3-8)20-7-12(17)15-10(13(18)19)6-11(14)16/h2-5,10H,6-7H2,1H3,(H2,14,16)(H,15,17)(H,18,19)/t10-/m1/s1. The number of amides is 2. The minimum Gasteiger partial charge on any atom is -0.484 e. The Labute approximate surface area is 115 Å². The van der Waals surface area contributed by atoms with Crippen LogP contribution in [0.15, 0.2) is 24.3 Å². The third-order valence-electron chi connectivity index (χ3n) is 2.43. The van der Waals surface area contributed by atoms with Crippen molar-refractivity contribution in [1.82, 2.24) is 5.32 Å². The monoisotopic (exact) mass is 280 g/mol. The highest BCUT2D eigenvalue weighted by Gasteiger charge is 2.22. The number of benzene rings is 1. The molecule has 0 fully saturated rings. The van der Waals surface area contributed by atoms with Crippen LogP contribution in [-0.4, -0.2) is 35.5 Å². The number of carboxylic acid groups (broad SMARTS) is 1. The van der Waals surface area contributed by atoms with Crippen molar-refractivity contribution in [2.45, 2.75) is 19.4 Å². The SMILES string of the molecule is Cc1ccc(OCC(=O)N[C@H](CC(N)=O)C(=O)O)cc1. The zero-order valence-corrected chi connectivity index (χ0v) is 11.0. The van der Waals surface area contributed by atoms with Gasteiger partial charge in [-0.3, -0.25) is 9.59 Å². The average molecular weight is 280 g/mol. The molecule has 1 atom stereocenters. The molecule has 0 aliphatic carbocycles. The van der Waals surface area contributed by atoms with Gasteiger partial charge < -0.3 is 20.9 Å². The minimum absolute atomic E-state index is 0.342. The van der Waals surface area contributed by atoms with E-state index in [2.05, 4.69) is 5.32 Å². The van der Waals surface area contributed by atoms with Crippen LogP contribution in [0, 0.1) is 6.92 Å². The number of aryl methyl sites for hydroxylation is 1. The van der Waals surface area contributed by atoms with E-state index in [1.165, 1.54) is 0 Å². The molecule has 0 spiro atoms. The lowest BCUT2D eigenvalue weighted by Gasteiger charge is -2.13. The molecule has 0 aliphatic heterocycles. The van der Waals surface area contributed by atoms with Crippen molar-refractivity contribution in [3.63, 3.8) is 0 Å². The molecule has 0 radical (unpaired) electrons. The summed E-state index contributed by atoms with van der Waals surface area (Å²) >= 11 is 0. The number of rotatable bonds is 7. The van der Waals surface area contributed by atoms with Gasteiger partial charge in [0.1, 0.15) is 11.8 Å². The lowest BCUT2D eigenvalue weighted by molar-refractivity contribution is -0.143. The first-order valence-electron chi connectivity index (χ1n) is 5.88. The Morgan fingerprint density at radius 3 is 2.40 bits per heavy atom. The predicted molar refractivity (Wildman–Crippen MR) is 70.1 cm³/mol. The van der Waals surface area contributed by atoms with Crippen molar-refractivity contribution in [3.05, 3.63) is 29.8 Å². The largest absolute Gasteiger partial charge is 0.484 e. The van der Waals surface area contributed by atoms with E-state index in [1.54, 1.807) is 12.1 Å². The number of carbonyl (C=O) groups is 3. The fraction of sp³-hybridized carbons (Fsp3) is 0.308. The van der Waals surface area contributed by atoms with E-state index in [4.69, 9.17) is 15.6 Å². The smallest absolute Gasteiger partial charge is 0.326 e. The number of hydrogen-bond donors (Lipinski definition) is 3. The zero-order valence-electron chi connectivity index (χ0n) is 11.0. The molecule has 0 unspecified atom stereocenters. The predicted octanol–water partition coefficient (Wildman–Crippen LogP) is -0.181. The Kier molecular flexibility index (Phi) is 5.52. The zero-order chi connectivity index (χ0) is 15.1. The summed E-state index contributed by atoms with van der Waals surface area (Å²) in [5.74, 6) is -2.28. The highest BCUT2D eigenvalue weighted by atomic mass is 16.5. The summed E-state index contributed by atoms with van der Waals surface area (Å²) in [5, 5.41) is 11.0. The molecule has 7 heteroatoms. The Balaban J connectivity index is 2.47. The van der Waals surface area contributed by atoms with Gasteiger partial charge >= 0.3 is 5.97 Å². The molecule has 0 aromatic heterocycles. The van der Waals surface area contributed by atoms with E-state index in [1.807, 2.05) is 19.1 Å². The van der Waals surface area contributed by atoms with Crippen molar-refractivity contribution in [1.29, 1.82) is 0 Å². The summed E-state index contributed by atoms with van der Waals surface area (Å²) in [6.45, 7) is 1.57. The molecule has 0 heterocycles. The van der Waals surface area contributed by atoms with Crippen molar-refractivity contribution in [3.8, 4) is 5.75 Å². The van der Waals surface area contributed by atoms with Gasteiger partial charge in [-0.2, -0.15) is 0 Å². The van der Waals surface area contributed by atoms with E-state index in [0.29, 0.717) is 5.75 Å². The van der Waals surface area contributed by atoms with Gasteiger partial charge in [0.2, 0.25) is 5.91 Å². The Hall–Kier alpha value is -2.57. The normalized spacial score (nSPS) is 11.4. The van der Waals surface area contributed by atoms with Crippen molar-refractivity contribution in [2.75, 3.05) is 6.61 Å². The van der Waals surface area contributed by atoms with E-state index >= 15 is 0 Å². The van der Waals surface area contributed by atoms with Gasteiger partial charge in [-0.15, -0.1) is 0 Å². The number of ether oxygens (including phenoxy) is 1. The Bertz CT molecular complexity index is 498. The summed E-state index contributed by atoms with van der Waals surface area (Å²) in [6, 6.07) is 5.68. The molecule has 1 rings (SSSR count). The van der Waals surface area contributed by atoms with Crippen molar-refractivity contribution in [2.24, 2.45) is 5.73 Å². The van der Waals surface area contributed by atoms with Crippen LogP contribution in [0.4, 0.5) is 0 Å². The molecular weight excluding hydrogens is 264 g/mol. The second-order valence-electron chi connectivity index (χ2n) is 4.23. The second-order valence-corrected chi connectivity index (χ2v) is 4.23.